The topological polar surface area (TPSA) is 130 Å². The zero-order valence-corrected chi connectivity index (χ0v) is 33.2. The summed E-state index contributed by atoms with van der Waals surface area (Å²) in [7, 11) is 0. The van der Waals surface area contributed by atoms with Crippen molar-refractivity contribution < 1.29 is 47.9 Å². The van der Waals surface area contributed by atoms with E-state index in [1.807, 2.05) is 31.2 Å². The SMILES string of the molecule is CC(=O)O[C@H]1CC[C@@]2(C)[C@@](C)(CC[C@H]3[C@]45O[C@H]4[C@]4(O)O[C@]6(CC[C@@](C)(COC(=O)c7ccccc7)O6)[C@@H](C)[C@@H]4[C@@]5(C)[C@H](OC(=O)c4ccccc4)C[C@@]32C)C1. The van der Waals surface area contributed by atoms with Gasteiger partial charge in [-0.05, 0) is 98.3 Å². The van der Waals surface area contributed by atoms with E-state index in [2.05, 4.69) is 34.6 Å². The van der Waals surface area contributed by atoms with Crippen LogP contribution in [0.2, 0.25) is 0 Å². The Hall–Kier alpha value is -3.31. The van der Waals surface area contributed by atoms with Gasteiger partial charge in [0.2, 0.25) is 5.79 Å². The van der Waals surface area contributed by atoms with Crippen molar-refractivity contribution in [1.82, 2.24) is 0 Å². The lowest BCUT2D eigenvalue weighted by atomic mass is 9.34. The van der Waals surface area contributed by atoms with Crippen molar-refractivity contribution >= 4 is 17.9 Å². The second kappa shape index (κ2) is 11.9. The summed E-state index contributed by atoms with van der Waals surface area (Å²) < 4.78 is 39.2. The first kappa shape index (κ1) is 37.3. The second-order valence-electron chi connectivity index (χ2n) is 19.3. The number of rotatable bonds is 6. The van der Waals surface area contributed by atoms with Crippen molar-refractivity contribution in [3.63, 3.8) is 0 Å². The number of hydrogen-bond donors (Lipinski definition) is 1. The van der Waals surface area contributed by atoms with E-state index in [-0.39, 0.29) is 46.8 Å². The van der Waals surface area contributed by atoms with Crippen LogP contribution < -0.4 is 0 Å². The quantitative estimate of drug-likeness (QED) is 0.181. The van der Waals surface area contributed by atoms with Crippen LogP contribution in [-0.4, -0.2) is 70.7 Å². The number of carbonyl (C=O) groups is 3. The van der Waals surface area contributed by atoms with Gasteiger partial charge in [-0.2, -0.15) is 0 Å². The summed E-state index contributed by atoms with van der Waals surface area (Å²) in [5, 5.41) is 13.1. The van der Waals surface area contributed by atoms with E-state index in [1.165, 1.54) is 6.92 Å². The van der Waals surface area contributed by atoms with Gasteiger partial charge in [-0.15, -0.1) is 0 Å². The number of hydrogen-bond acceptors (Lipinski definition) is 10. The summed E-state index contributed by atoms with van der Waals surface area (Å²) in [5.41, 5.74) is -2.21. The Bertz CT molecular complexity index is 1900. The highest BCUT2D eigenvalue weighted by atomic mass is 16.8. The molecule has 4 aliphatic carbocycles. The van der Waals surface area contributed by atoms with Crippen LogP contribution in [0, 0.1) is 39.4 Å². The predicted molar refractivity (Wildman–Crippen MR) is 199 cm³/mol. The molecule has 3 heterocycles. The van der Waals surface area contributed by atoms with Crippen LogP contribution in [-0.2, 0) is 33.2 Å². The fourth-order valence-corrected chi connectivity index (χ4v) is 13.9. The van der Waals surface area contributed by atoms with Crippen molar-refractivity contribution in [2.45, 2.75) is 141 Å². The highest BCUT2D eigenvalue weighted by Gasteiger charge is 2.96. The molecule has 1 N–H and O–H groups in total. The lowest BCUT2D eigenvalue weighted by molar-refractivity contribution is -0.328. The monoisotopic (exact) mass is 756 g/mol. The van der Waals surface area contributed by atoms with Crippen LogP contribution in [0.1, 0.15) is 121 Å². The van der Waals surface area contributed by atoms with Gasteiger partial charge in [-0.25, -0.2) is 9.59 Å². The summed E-state index contributed by atoms with van der Waals surface area (Å²) >= 11 is 0. The Morgan fingerprint density at radius 2 is 1.45 bits per heavy atom. The van der Waals surface area contributed by atoms with Crippen molar-refractivity contribution in [3.05, 3.63) is 71.8 Å². The smallest absolute Gasteiger partial charge is 0.338 e. The molecule has 10 heteroatoms. The lowest BCUT2D eigenvalue weighted by Gasteiger charge is -2.71. The Morgan fingerprint density at radius 1 is 0.800 bits per heavy atom. The van der Waals surface area contributed by atoms with Gasteiger partial charge < -0.3 is 33.5 Å². The molecular weight excluding hydrogens is 700 g/mol. The molecular formula is C45H56O10. The molecule has 296 valence electrons. The molecule has 10 nitrogen and oxygen atoms in total. The molecule has 0 radical (unpaired) electrons. The summed E-state index contributed by atoms with van der Waals surface area (Å²) in [6.07, 6.45) is 4.46. The molecule has 3 saturated heterocycles. The molecule has 2 aromatic rings. The zero-order valence-electron chi connectivity index (χ0n) is 33.2. The molecule has 3 aliphatic heterocycles. The molecule has 7 fully saturated rings. The summed E-state index contributed by atoms with van der Waals surface area (Å²) in [4.78, 5) is 39.1. The standard InChI is InChI=1S/C45H56O10/c1-27-34-42(7)33(52-36(48)30-16-12-9-13-17-30)25-40(5)32(19-20-38(3)24-31(51-28(2)46)18-21-41(38,40)6)44(42)37(53-44)45(34,49)55-43(27)23-22-39(4,54-43)26-50-35(47)29-14-10-8-11-15-29/h8-17,27,31-34,37,49H,18-26H2,1-7H3/t27-,31-,32+,33+,34+,37+,38-,39-,40-,41-,42+,43+,44-,45+/m0/s1. The zero-order chi connectivity index (χ0) is 39.0. The van der Waals surface area contributed by atoms with Crippen LogP contribution in [0.15, 0.2) is 60.7 Å². The number of ether oxygens (including phenoxy) is 6. The molecule has 0 bridgehead atoms. The molecule has 14 atom stereocenters. The first-order valence-corrected chi connectivity index (χ1v) is 20.4. The van der Waals surface area contributed by atoms with E-state index in [0.717, 1.165) is 32.1 Å². The average molecular weight is 757 g/mol. The number of aliphatic hydroxyl groups is 1. The number of esters is 3. The molecule has 0 aromatic heterocycles. The van der Waals surface area contributed by atoms with E-state index < -0.39 is 58.3 Å². The summed E-state index contributed by atoms with van der Waals surface area (Å²) in [5.74, 6) is -4.66. The fraction of sp³-hybridized carbons (Fsp3) is 0.667. The third kappa shape index (κ3) is 4.83. The molecule has 2 spiro atoms. The van der Waals surface area contributed by atoms with E-state index in [1.54, 1.807) is 36.4 Å². The van der Waals surface area contributed by atoms with Gasteiger partial charge in [0.05, 0.1) is 11.1 Å². The van der Waals surface area contributed by atoms with Crippen LogP contribution >= 0.6 is 0 Å². The van der Waals surface area contributed by atoms with E-state index >= 15 is 0 Å². The van der Waals surface area contributed by atoms with Crippen LogP contribution in [0.5, 0.6) is 0 Å². The van der Waals surface area contributed by atoms with E-state index in [0.29, 0.717) is 30.4 Å². The first-order valence-electron chi connectivity index (χ1n) is 20.4. The van der Waals surface area contributed by atoms with E-state index in [4.69, 9.17) is 28.4 Å². The maximum atomic E-state index is 14.1. The minimum absolute atomic E-state index is 0.0379. The second-order valence-corrected chi connectivity index (χ2v) is 19.3. The van der Waals surface area contributed by atoms with Gasteiger partial charge in [-0.3, -0.25) is 4.79 Å². The van der Waals surface area contributed by atoms with Crippen molar-refractivity contribution in [2.75, 3.05) is 6.61 Å². The predicted octanol–water partition coefficient (Wildman–Crippen LogP) is 7.41. The Kier molecular flexibility index (Phi) is 8.04. The van der Waals surface area contributed by atoms with Gasteiger partial charge in [0.25, 0.3) is 0 Å². The molecule has 9 rings (SSSR count). The first-order chi connectivity index (χ1) is 25.9. The normalized spacial score (nSPS) is 48.8. The van der Waals surface area contributed by atoms with Gasteiger partial charge in [0.1, 0.15) is 36.1 Å². The molecule has 0 unspecified atom stereocenters. The molecule has 7 aliphatic rings. The van der Waals surface area contributed by atoms with Gasteiger partial charge in [0, 0.05) is 30.6 Å². The lowest BCUT2D eigenvalue weighted by Crippen LogP contribution is -2.71. The summed E-state index contributed by atoms with van der Waals surface area (Å²) in [6, 6.07) is 18.0. The number of epoxide rings is 1. The largest absolute Gasteiger partial charge is 0.463 e. The maximum Gasteiger partial charge on any atom is 0.338 e. The van der Waals surface area contributed by atoms with Crippen LogP contribution in [0.3, 0.4) is 0 Å². The summed E-state index contributed by atoms with van der Waals surface area (Å²) in [6.45, 7) is 14.8. The molecule has 0 amide bonds. The number of fused-ring (bicyclic) bond motifs is 6. The van der Waals surface area contributed by atoms with Crippen molar-refractivity contribution in [3.8, 4) is 0 Å². The van der Waals surface area contributed by atoms with Crippen LogP contribution in [0.4, 0.5) is 0 Å². The Labute approximate surface area is 323 Å². The maximum absolute atomic E-state index is 14.1. The Morgan fingerprint density at radius 3 is 2.11 bits per heavy atom. The van der Waals surface area contributed by atoms with Gasteiger partial charge in [0.15, 0.2) is 5.79 Å². The highest BCUT2D eigenvalue weighted by molar-refractivity contribution is 5.90. The molecule has 2 aromatic carbocycles. The number of benzene rings is 2. The van der Waals surface area contributed by atoms with E-state index in [9.17, 15) is 19.5 Å². The van der Waals surface area contributed by atoms with Gasteiger partial charge >= 0.3 is 17.9 Å². The fourth-order valence-electron chi connectivity index (χ4n) is 13.9. The Balaban J connectivity index is 1.07. The van der Waals surface area contributed by atoms with Crippen LogP contribution in [0.25, 0.3) is 0 Å². The van der Waals surface area contributed by atoms with Crippen molar-refractivity contribution in [2.24, 2.45) is 39.4 Å². The van der Waals surface area contributed by atoms with Crippen molar-refractivity contribution in [1.29, 1.82) is 0 Å². The van der Waals surface area contributed by atoms with Gasteiger partial charge in [-0.1, -0.05) is 71.0 Å². The minimum Gasteiger partial charge on any atom is -0.463 e. The minimum atomic E-state index is -1.70. The molecule has 4 saturated carbocycles. The molecule has 55 heavy (non-hydrogen) atoms. The highest BCUT2D eigenvalue weighted by Crippen LogP contribution is 2.85. The third-order valence-corrected chi connectivity index (χ3v) is 16.8. The number of carbonyl (C=O) groups excluding carboxylic acids is 3. The third-order valence-electron chi connectivity index (χ3n) is 16.8. The average Bonchev–Trinajstić information content (AvgIpc) is 3.71.